The summed E-state index contributed by atoms with van der Waals surface area (Å²) in [5.74, 6) is 0.645. The second-order valence-corrected chi connectivity index (χ2v) is 5.54. The highest BCUT2D eigenvalue weighted by Crippen LogP contribution is 2.13. The first kappa shape index (κ1) is 17.7. The Bertz CT molecular complexity index is 751. The van der Waals surface area contributed by atoms with Crippen molar-refractivity contribution in [1.82, 2.24) is 9.55 Å². The van der Waals surface area contributed by atoms with E-state index >= 15 is 0 Å². The van der Waals surface area contributed by atoms with E-state index in [1.165, 1.54) is 6.07 Å². The van der Waals surface area contributed by atoms with E-state index in [1.54, 1.807) is 4.57 Å². The summed E-state index contributed by atoms with van der Waals surface area (Å²) >= 11 is 0. The van der Waals surface area contributed by atoms with Gasteiger partial charge >= 0.3 is 5.97 Å². The van der Waals surface area contributed by atoms with Crippen LogP contribution in [0.1, 0.15) is 30.4 Å². The van der Waals surface area contributed by atoms with Gasteiger partial charge in [-0.15, -0.1) is 0 Å². The number of hydrogen-bond acceptors (Lipinski definition) is 4. The largest absolute Gasteiger partial charge is 0.492 e. The Morgan fingerprint density at radius 2 is 2.00 bits per heavy atom. The predicted molar refractivity (Wildman–Crippen MR) is 90.5 cm³/mol. The topological polar surface area (TPSA) is 81.4 Å². The van der Waals surface area contributed by atoms with Crippen LogP contribution in [0.2, 0.25) is 0 Å². The third kappa shape index (κ3) is 4.94. The van der Waals surface area contributed by atoms with Crippen LogP contribution in [0.15, 0.2) is 35.1 Å². The van der Waals surface area contributed by atoms with Crippen LogP contribution in [0.25, 0.3) is 0 Å². The number of nitrogens with zero attached hydrogens (tertiary/aromatic N) is 2. The van der Waals surface area contributed by atoms with Gasteiger partial charge in [-0.05, 0) is 31.0 Å². The van der Waals surface area contributed by atoms with Crippen molar-refractivity contribution in [3.8, 4) is 5.75 Å². The zero-order chi connectivity index (χ0) is 17.5. The fourth-order valence-electron chi connectivity index (χ4n) is 2.45. The first-order valence-electron chi connectivity index (χ1n) is 8.00. The van der Waals surface area contributed by atoms with Gasteiger partial charge in [0.1, 0.15) is 18.2 Å². The van der Waals surface area contributed by atoms with Crippen molar-refractivity contribution in [3.63, 3.8) is 0 Å². The Labute approximate surface area is 140 Å². The van der Waals surface area contributed by atoms with Gasteiger partial charge < -0.3 is 9.84 Å². The number of aryl methyl sites for hydroxylation is 3. The molecule has 0 spiro atoms. The smallest absolute Gasteiger partial charge is 0.303 e. The van der Waals surface area contributed by atoms with Gasteiger partial charge in [0.15, 0.2) is 0 Å². The summed E-state index contributed by atoms with van der Waals surface area (Å²) in [6.45, 7) is 4.59. The van der Waals surface area contributed by atoms with Crippen LogP contribution in [0.3, 0.4) is 0 Å². The molecule has 2 rings (SSSR count). The normalized spacial score (nSPS) is 10.6. The summed E-state index contributed by atoms with van der Waals surface area (Å²) < 4.78 is 7.30. The molecule has 2 aromatic rings. The SMILES string of the molecule is CCc1nc(C)cc(=O)n1CCOc1ccc(CCC(=O)O)cc1. The Kier molecular flexibility index (Phi) is 6.12. The fraction of sp³-hybridized carbons (Fsp3) is 0.389. The molecule has 24 heavy (non-hydrogen) atoms. The number of rotatable bonds is 8. The summed E-state index contributed by atoms with van der Waals surface area (Å²) in [4.78, 5) is 27.0. The van der Waals surface area contributed by atoms with Crippen LogP contribution in [-0.4, -0.2) is 27.2 Å². The van der Waals surface area contributed by atoms with E-state index in [9.17, 15) is 9.59 Å². The number of aliphatic carboxylic acids is 1. The highest BCUT2D eigenvalue weighted by Gasteiger charge is 2.06. The first-order valence-corrected chi connectivity index (χ1v) is 8.00. The number of benzene rings is 1. The van der Waals surface area contributed by atoms with Gasteiger partial charge in [0.2, 0.25) is 0 Å². The molecular formula is C18H22N2O4. The van der Waals surface area contributed by atoms with Crippen LogP contribution < -0.4 is 10.3 Å². The van der Waals surface area contributed by atoms with Gasteiger partial charge in [-0.1, -0.05) is 19.1 Å². The number of aromatic nitrogens is 2. The lowest BCUT2D eigenvalue weighted by atomic mass is 10.1. The average Bonchev–Trinajstić information content (AvgIpc) is 2.55. The molecule has 0 atom stereocenters. The van der Waals surface area contributed by atoms with Gasteiger partial charge in [-0.2, -0.15) is 0 Å². The van der Waals surface area contributed by atoms with E-state index in [2.05, 4.69) is 4.98 Å². The molecule has 0 aliphatic carbocycles. The van der Waals surface area contributed by atoms with Crippen molar-refractivity contribution >= 4 is 5.97 Å². The highest BCUT2D eigenvalue weighted by molar-refractivity contribution is 5.67. The van der Waals surface area contributed by atoms with E-state index in [0.29, 0.717) is 31.7 Å². The molecule has 0 aliphatic rings. The van der Waals surface area contributed by atoms with Crippen molar-refractivity contribution in [1.29, 1.82) is 0 Å². The van der Waals surface area contributed by atoms with E-state index in [4.69, 9.17) is 9.84 Å². The molecule has 0 unspecified atom stereocenters. The molecule has 1 heterocycles. The first-order chi connectivity index (χ1) is 11.5. The number of carboxylic acid groups (broad SMARTS) is 1. The molecule has 6 heteroatoms. The standard InChI is InChI=1S/C18H22N2O4/c1-3-16-19-13(2)12-17(21)20(16)10-11-24-15-7-4-14(5-8-15)6-9-18(22)23/h4-5,7-8,12H,3,6,9-11H2,1-2H3,(H,22,23). The van der Waals surface area contributed by atoms with E-state index in [0.717, 1.165) is 17.1 Å². The third-order valence-electron chi connectivity index (χ3n) is 3.67. The number of carboxylic acids is 1. The summed E-state index contributed by atoms with van der Waals surface area (Å²) in [5, 5.41) is 8.68. The van der Waals surface area contributed by atoms with Crippen LogP contribution in [-0.2, 0) is 24.2 Å². The van der Waals surface area contributed by atoms with Gasteiger partial charge in [0, 0.05) is 24.6 Å². The van der Waals surface area contributed by atoms with Crippen molar-refractivity contribution in [2.24, 2.45) is 0 Å². The van der Waals surface area contributed by atoms with Gasteiger partial charge in [-0.3, -0.25) is 14.2 Å². The average molecular weight is 330 g/mol. The van der Waals surface area contributed by atoms with Crippen LogP contribution >= 0.6 is 0 Å². The molecule has 6 nitrogen and oxygen atoms in total. The molecule has 0 saturated carbocycles. The lowest BCUT2D eigenvalue weighted by Crippen LogP contribution is -2.27. The molecular weight excluding hydrogens is 308 g/mol. The van der Waals surface area contributed by atoms with Crippen LogP contribution in [0.4, 0.5) is 0 Å². The van der Waals surface area contributed by atoms with Crippen molar-refractivity contribution in [2.75, 3.05) is 6.61 Å². The fourth-order valence-corrected chi connectivity index (χ4v) is 2.45. The van der Waals surface area contributed by atoms with Gasteiger partial charge in [0.05, 0.1) is 6.54 Å². The molecule has 0 radical (unpaired) electrons. The van der Waals surface area contributed by atoms with Crippen molar-refractivity contribution < 1.29 is 14.6 Å². The number of ether oxygens (including phenoxy) is 1. The van der Waals surface area contributed by atoms with Gasteiger partial charge in [0.25, 0.3) is 5.56 Å². The summed E-state index contributed by atoms with van der Waals surface area (Å²) in [5.41, 5.74) is 1.62. The maximum absolute atomic E-state index is 12.1. The Hall–Kier alpha value is -2.63. The van der Waals surface area contributed by atoms with Crippen LogP contribution in [0, 0.1) is 6.92 Å². The quantitative estimate of drug-likeness (QED) is 0.802. The minimum absolute atomic E-state index is 0.0630. The lowest BCUT2D eigenvalue weighted by molar-refractivity contribution is -0.136. The van der Waals surface area contributed by atoms with E-state index in [-0.39, 0.29) is 12.0 Å². The second kappa shape index (κ2) is 8.29. The molecule has 0 aliphatic heterocycles. The second-order valence-electron chi connectivity index (χ2n) is 5.54. The Morgan fingerprint density at radius 3 is 2.62 bits per heavy atom. The van der Waals surface area contributed by atoms with Crippen molar-refractivity contribution in [3.05, 3.63) is 57.8 Å². The van der Waals surface area contributed by atoms with E-state index in [1.807, 2.05) is 38.1 Å². The molecule has 1 aromatic carbocycles. The summed E-state index contributed by atoms with van der Waals surface area (Å²) in [7, 11) is 0. The predicted octanol–water partition coefficient (Wildman–Crippen LogP) is 2.21. The molecule has 1 N–H and O–H groups in total. The molecule has 0 amide bonds. The lowest BCUT2D eigenvalue weighted by Gasteiger charge is -2.12. The highest BCUT2D eigenvalue weighted by atomic mass is 16.5. The maximum atomic E-state index is 12.1. The molecule has 128 valence electrons. The maximum Gasteiger partial charge on any atom is 0.303 e. The van der Waals surface area contributed by atoms with Crippen molar-refractivity contribution in [2.45, 2.75) is 39.7 Å². The molecule has 0 saturated heterocycles. The molecule has 0 bridgehead atoms. The third-order valence-corrected chi connectivity index (χ3v) is 3.67. The minimum Gasteiger partial charge on any atom is -0.492 e. The van der Waals surface area contributed by atoms with Gasteiger partial charge in [-0.25, -0.2) is 4.98 Å². The summed E-state index contributed by atoms with van der Waals surface area (Å²) in [6.07, 6.45) is 1.30. The zero-order valence-electron chi connectivity index (χ0n) is 14.0. The Morgan fingerprint density at radius 1 is 1.29 bits per heavy atom. The molecule has 0 fully saturated rings. The minimum atomic E-state index is -0.806. The monoisotopic (exact) mass is 330 g/mol. The summed E-state index contributed by atoms with van der Waals surface area (Å²) in [6, 6.07) is 8.86. The molecule has 1 aromatic heterocycles. The zero-order valence-corrected chi connectivity index (χ0v) is 14.0. The van der Waals surface area contributed by atoms with Crippen LogP contribution in [0.5, 0.6) is 5.75 Å². The number of carbonyl (C=O) groups is 1. The number of hydrogen-bond donors (Lipinski definition) is 1. The van der Waals surface area contributed by atoms with E-state index < -0.39 is 5.97 Å². The Balaban J connectivity index is 1.93.